The van der Waals surface area contributed by atoms with E-state index >= 15 is 0 Å². The van der Waals surface area contributed by atoms with Crippen molar-refractivity contribution in [2.45, 2.75) is 26.8 Å². The summed E-state index contributed by atoms with van der Waals surface area (Å²) in [6.45, 7) is 5.10. The number of hydrogen-bond acceptors (Lipinski definition) is 3. The van der Waals surface area contributed by atoms with Crippen LogP contribution in [0.25, 0.3) is 10.9 Å². The molecule has 2 heterocycles. The smallest absolute Gasteiger partial charge is 0.256 e. The minimum absolute atomic E-state index is 0.190. The van der Waals surface area contributed by atoms with Crippen LogP contribution in [0.3, 0.4) is 0 Å². The molecule has 1 amide bonds. The van der Waals surface area contributed by atoms with Gasteiger partial charge in [0.25, 0.3) is 5.91 Å². The van der Waals surface area contributed by atoms with Crippen molar-refractivity contribution in [3.63, 3.8) is 0 Å². The fourth-order valence-electron chi connectivity index (χ4n) is 2.90. The standard InChI is InChI=1S/C20H21N3O2/c1-3-23-13-17(19(24)16-12-14(2)4-5-18(16)23)20(25)22-11-8-15-6-9-21-10-7-15/h4-7,9-10,12-13H,3,8,11H2,1-2H3,(H,22,25). The fourth-order valence-corrected chi connectivity index (χ4v) is 2.90. The molecule has 0 aliphatic heterocycles. The molecule has 0 atom stereocenters. The van der Waals surface area contributed by atoms with Crippen molar-refractivity contribution in [3.8, 4) is 0 Å². The highest BCUT2D eigenvalue weighted by Gasteiger charge is 2.15. The summed E-state index contributed by atoms with van der Waals surface area (Å²) in [4.78, 5) is 29.2. The molecule has 0 radical (unpaired) electrons. The molecule has 5 heteroatoms. The maximum absolute atomic E-state index is 12.7. The van der Waals surface area contributed by atoms with Gasteiger partial charge in [-0.2, -0.15) is 0 Å². The largest absolute Gasteiger partial charge is 0.352 e. The van der Waals surface area contributed by atoms with Crippen LogP contribution < -0.4 is 10.7 Å². The molecule has 5 nitrogen and oxygen atoms in total. The number of rotatable bonds is 5. The average Bonchev–Trinajstić information content (AvgIpc) is 2.63. The molecule has 0 bridgehead atoms. The number of amides is 1. The Kier molecular flexibility index (Phi) is 4.93. The van der Waals surface area contributed by atoms with Gasteiger partial charge in [0.1, 0.15) is 5.56 Å². The molecule has 0 aliphatic rings. The SMILES string of the molecule is CCn1cc(C(=O)NCCc2ccncc2)c(=O)c2cc(C)ccc21. The van der Waals surface area contributed by atoms with E-state index in [4.69, 9.17) is 0 Å². The predicted octanol–water partition coefficient (Wildman–Crippen LogP) is 2.70. The number of aromatic nitrogens is 2. The van der Waals surface area contributed by atoms with Gasteiger partial charge in [-0.25, -0.2) is 0 Å². The minimum atomic E-state index is -0.329. The van der Waals surface area contributed by atoms with Gasteiger partial charge in [-0.1, -0.05) is 11.6 Å². The maximum atomic E-state index is 12.7. The third-order valence-corrected chi connectivity index (χ3v) is 4.27. The highest BCUT2D eigenvalue weighted by atomic mass is 16.2. The number of carbonyl (C=O) groups excluding carboxylic acids is 1. The quantitative estimate of drug-likeness (QED) is 0.780. The van der Waals surface area contributed by atoms with Crippen LogP contribution in [0.4, 0.5) is 0 Å². The highest BCUT2D eigenvalue weighted by Crippen LogP contribution is 2.14. The highest BCUT2D eigenvalue weighted by molar-refractivity contribution is 5.97. The Balaban J connectivity index is 1.86. The normalized spacial score (nSPS) is 10.8. The summed E-state index contributed by atoms with van der Waals surface area (Å²) in [5.41, 5.74) is 2.92. The molecule has 0 spiro atoms. The van der Waals surface area contributed by atoms with Crippen molar-refractivity contribution in [1.29, 1.82) is 0 Å². The Bertz CT molecular complexity index is 962. The summed E-state index contributed by atoms with van der Waals surface area (Å²) in [6, 6.07) is 9.57. The molecule has 1 aromatic carbocycles. The van der Waals surface area contributed by atoms with E-state index in [1.165, 1.54) is 0 Å². The number of nitrogens with zero attached hydrogens (tertiary/aromatic N) is 2. The Morgan fingerprint density at radius 1 is 1.20 bits per heavy atom. The molecule has 0 unspecified atom stereocenters. The number of nitrogens with one attached hydrogen (secondary N) is 1. The second-order valence-corrected chi connectivity index (χ2v) is 6.04. The molecule has 0 saturated heterocycles. The molecule has 1 N–H and O–H groups in total. The van der Waals surface area contributed by atoms with E-state index in [1.54, 1.807) is 18.6 Å². The molecule has 128 valence electrons. The van der Waals surface area contributed by atoms with Gasteiger partial charge in [-0.05, 0) is 50.1 Å². The van der Waals surface area contributed by atoms with Crippen LogP contribution in [0.2, 0.25) is 0 Å². The molecule has 25 heavy (non-hydrogen) atoms. The third kappa shape index (κ3) is 3.60. The van der Waals surface area contributed by atoms with Gasteiger partial charge >= 0.3 is 0 Å². The number of carbonyl (C=O) groups is 1. The summed E-state index contributed by atoms with van der Waals surface area (Å²) < 4.78 is 1.94. The van der Waals surface area contributed by atoms with Crippen molar-refractivity contribution in [1.82, 2.24) is 14.9 Å². The van der Waals surface area contributed by atoms with Gasteiger partial charge in [-0.15, -0.1) is 0 Å². The molecule has 0 saturated carbocycles. The van der Waals surface area contributed by atoms with Crippen molar-refractivity contribution in [2.75, 3.05) is 6.54 Å². The molecule has 0 aliphatic carbocycles. The fraction of sp³-hybridized carbons (Fsp3) is 0.250. The summed E-state index contributed by atoms with van der Waals surface area (Å²) in [6.07, 6.45) is 5.80. The van der Waals surface area contributed by atoms with E-state index in [1.807, 2.05) is 48.7 Å². The van der Waals surface area contributed by atoms with Crippen LogP contribution >= 0.6 is 0 Å². The summed E-state index contributed by atoms with van der Waals surface area (Å²) >= 11 is 0. The zero-order valence-electron chi connectivity index (χ0n) is 14.5. The topological polar surface area (TPSA) is 64.0 Å². The number of pyridine rings is 2. The maximum Gasteiger partial charge on any atom is 0.256 e. The van der Waals surface area contributed by atoms with Gasteiger partial charge in [0.05, 0.1) is 5.52 Å². The van der Waals surface area contributed by atoms with Crippen LogP contribution in [0.15, 0.2) is 53.7 Å². The van der Waals surface area contributed by atoms with Gasteiger partial charge < -0.3 is 9.88 Å². The first-order valence-corrected chi connectivity index (χ1v) is 8.41. The Morgan fingerprint density at radius 2 is 1.96 bits per heavy atom. The number of hydrogen-bond donors (Lipinski definition) is 1. The monoisotopic (exact) mass is 335 g/mol. The van der Waals surface area contributed by atoms with Crippen LogP contribution in [0, 0.1) is 6.92 Å². The van der Waals surface area contributed by atoms with Crippen LogP contribution in [-0.4, -0.2) is 22.0 Å². The number of fused-ring (bicyclic) bond motifs is 1. The van der Waals surface area contributed by atoms with E-state index in [9.17, 15) is 9.59 Å². The molecule has 2 aromatic heterocycles. The van der Waals surface area contributed by atoms with Crippen LogP contribution in [0.5, 0.6) is 0 Å². The molecule has 3 aromatic rings. The Hall–Kier alpha value is -2.95. The van der Waals surface area contributed by atoms with Gasteiger partial charge in [0, 0.05) is 37.1 Å². The lowest BCUT2D eigenvalue weighted by atomic mass is 10.1. The molecule has 0 fully saturated rings. The number of benzene rings is 1. The van der Waals surface area contributed by atoms with Crippen LogP contribution in [0.1, 0.15) is 28.4 Å². The number of aryl methyl sites for hydroxylation is 2. The summed E-state index contributed by atoms with van der Waals surface area (Å²) in [7, 11) is 0. The van der Waals surface area contributed by atoms with Crippen molar-refractivity contribution < 1.29 is 4.79 Å². The average molecular weight is 335 g/mol. The zero-order valence-corrected chi connectivity index (χ0v) is 14.5. The third-order valence-electron chi connectivity index (χ3n) is 4.27. The van der Waals surface area contributed by atoms with Gasteiger partial charge in [-0.3, -0.25) is 14.6 Å². The first-order chi connectivity index (χ1) is 12.1. The zero-order chi connectivity index (χ0) is 17.8. The van der Waals surface area contributed by atoms with Crippen molar-refractivity contribution in [3.05, 3.63) is 75.8 Å². The lowest BCUT2D eigenvalue weighted by Crippen LogP contribution is -2.31. The lowest BCUT2D eigenvalue weighted by molar-refractivity contribution is 0.0952. The van der Waals surface area contributed by atoms with Crippen molar-refractivity contribution in [2.24, 2.45) is 0 Å². The first kappa shape index (κ1) is 16.9. The van der Waals surface area contributed by atoms with E-state index in [0.29, 0.717) is 24.9 Å². The van der Waals surface area contributed by atoms with Crippen LogP contribution in [-0.2, 0) is 13.0 Å². The molecular formula is C20H21N3O2. The van der Waals surface area contributed by atoms with Gasteiger partial charge in [0.2, 0.25) is 5.43 Å². The van der Waals surface area contributed by atoms with E-state index in [2.05, 4.69) is 10.3 Å². The molecular weight excluding hydrogens is 314 g/mol. The predicted molar refractivity (Wildman–Crippen MR) is 98.9 cm³/mol. The van der Waals surface area contributed by atoms with E-state index in [-0.39, 0.29) is 16.9 Å². The minimum Gasteiger partial charge on any atom is -0.352 e. The molecule has 3 rings (SSSR count). The second-order valence-electron chi connectivity index (χ2n) is 6.04. The Labute approximate surface area is 146 Å². The summed E-state index contributed by atoms with van der Waals surface area (Å²) in [5.74, 6) is -0.329. The second kappa shape index (κ2) is 7.30. The lowest BCUT2D eigenvalue weighted by Gasteiger charge is -2.12. The van der Waals surface area contributed by atoms with E-state index in [0.717, 1.165) is 16.6 Å². The van der Waals surface area contributed by atoms with Crippen molar-refractivity contribution >= 4 is 16.8 Å². The first-order valence-electron chi connectivity index (χ1n) is 8.41. The van der Waals surface area contributed by atoms with Gasteiger partial charge in [0.15, 0.2) is 0 Å². The van der Waals surface area contributed by atoms with E-state index < -0.39 is 0 Å². The Morgan fingerprint density at radius 3 is 2.68 bits per heavy atom. The summed E-state index contributed by atoms with van der Waals surface area (Å²) in [5, 5.41) is 3.43.